The van der Waals surface area contributed by atoms with Gasteiger partial charge in [-0.25, -0.2) is 0 Å². The summed E-state index contributed by atoms with van der Waals surface area (Å²) in [7, 11) is 0. The van der Waals surface area contributed by atoms with Crippen LogP contribution < -0.4 is 15.0 Å². The van der Waals surface area contributed by atoms with Crippen molar-refractivity contribution < 1.29 is 23.4 Å². The summed E-state index contributed by atoms with van der Waals surface area (Å²) in [5.74, 6) is -0.305. The van der Waals surface area contributed by atoms with E-state index in [4.69, 9.17) is 4.74 Å². The van der Waals surface area contributed by atoms with Gasteiger partial charge in [0.15, 0.2) is 5.75 Å². The number of rotatable bonds is 3. The summed E-state index contributed by atoms with van der Waals surface area (Å²) in [4.78, 5) is 15.1. The van der Waals surface area contributed by atoms with Gasteiger partial charge in [0.2, 0.25) is 0 Å². The monoisotopic (exact) mass is 396 g/mol. The van der Waals surface area contributed by atoms with Crippen LogP contribution in [0.2, 0.25) is 0 Å². The van der Waals surface area contributed by atoms with Crippen molar-refractivity contribution in [1.82, 2.24) is 15.5 Å². The fourth-order valence-electron chi connectivity index (χ4n) is 4.07. The zero-order chi connectivity index (χ0) is 18.8. The lowest BCUT2D eigenvalue weighted by Crippen LogP contribution is -2.52. The number of hydrogen-bond acceptors (Lipinski definition) is 6. The van der Waals surface area contributed by atoms with Crippen LogP contribution in [0.5, 0.6) is 5.75 Å². The molecule has 144 valence electrons. The summed E-state index contributed by atoms with van der Waals surface area (Å²) in [6, 6.07) is -0.401. The number of nitrogens with zero attached hydrogens (tertiary/aromatic N) is 2. The number of aliphatic hydroxyl groups is 1. The lowest BCUT2D eigenvalue weighted by molar-refractivity contribution is -0.171. The Bertz CT molecular complexity index is 894. The number of anilines is 1. The fourth-order valence-corrected chi connectivity index (χ4v) is 5.21. The Morgan fingerprint density at radius 3 is 2.89 bits per heavy atom. The van der Waals surface area contributed by atoms with Gasteiger partial charge in [0.05, 0.1) is 16.7 Å². The smallest absolute Gasteiger partial charge is 0.416 e. The average Bonchev–Trinajstić information content (AvgIpc) is 3.16. The van der Waals surface area contributed by atoms with Crippen LogP contribution in [0.25, 0.3) is 10.4 Å². The third-order valence-corrected chi connectivity index (χ3v) is 6.64. The highest BCUT2D eigenvalue weighted by Gasteiger charge is 2.48. The number of ether oxygens (including phenoxy) is 1. The maximum Gasteiger partial charge on any atom is 0.416 e. The molecule has 1 fully saturated rings. The first kappa shape index (κ1) is 16.9. The first-order valence-electron chi connectivity index (χ1n) is 8.85. The zero-order valence-corrected chi connectivity index (χ0v) is 15.1. The van der Waals surface area contributed by atoms with E-state index in [-0.39, 0.29) is 18.2 Å². The van der Waals surface area contributed by atoms with Crippen molar-refractivity contribution in [3.8, 4) is 16.2 Å². The Morgan fingerprint density at radius 2 is 2.22 bits per heavy atom. The minimum absolute atomic E-state index is 0.0193. The third kappa shape index (κ3) is 2.78. The molecule has 0 unspecified atom stereocenters. The molecular weight excluding hydrogens is 378 g/mol. The molecule has 4 heterocycles. The van der Waals surface area contributed by atoms with Gasteiger partial charge in [-0.15, -0.1) is 11.3 Å². The maximum absolute atomic E-state index is 14.3. The zero-order valence-electron chi connectivity index (χ0n) is 14.3. The molecule has 2 aromatic heterocycles. The summed E-state index contributed by atoms with van der Waals surface area (Å²) in [6.07, 6.45) is 2.38. The Hall–Kier alpha value is -2.20. The van der Waals surface area contributed by atoms with Crippen LogP contribution in [0.1, 0.15) is 35.4 Å². The summed E-state index contributed by atoms with van der Waals surface area (Å²) in [5, 5.41) is 19.9. The molecule has 0 spiro atoms. The Morgan fingerprint density at radius 1 is 1.41 bits per heavy atom. The van der Waals surface area contributed by atoms with Crippen molar-refractivity contribution in [1.29, 1.82) is 0 Å². The third-order valence-electron chi connectivity index (χ3n) is 5.44. The number of hydrogen-bond donors (Lipinski definition) is 3. The van der Waals surface area contributed by atoms with Crippen LogP contribution in [0, 0.1) is 0 Å². The Labute approximate surface area is 157 Å². The van der Waals surface area contributed by atoms with Gasteiger partial charge in [-0.05, 0) is 25.7 Å². The number of aromatic nitrogens is 2. The number of aromatic amines is 1. The van der Waals surface area contributed by atoms with E-state index in [0.29, 0.717) is 40.3 Å². The minimum Gasteiger partial charge on any atom is -0.427 e. The Balaban J connectivity index is 1.56. The van der Waals surface area contributed by atoms with Crippen molar-refractivity contribution in [2.45, 2.75) is 43.4 Å². The minimum atomic E-state index is -3.37. The molecule has 2 aromatic rings. The van der Waals surface area contributed by atoms with Gasteiger partial charge >= 0.3 is 6.11 Å². The van der Waals surface area contributed by atoms with E-state index in [0.717, 1.165) is 17.8 Å². The average molecular weight is 396 g/mol. The first-order chi connectivity index (χ1) is 12.8. The van der Waals surface area contributed by atoms with E-state index in [2.05, 4.69) is 15.5 Å². The predicted octanol–water partition coefficient (Wildman–Crippen LogP) is 2.35. The molecule has 0 aromatic carbocycles. The number of H-pyrrole nitrogens is 1. The Kier molecular flexibility index (Phi) is 3.54. The molecule has 1 amide bonds. The number of halogens is 2. The van der Waals surface area contributed by atoms with E-state index in [9.17, 15) is 18.7 Å². The molecule has 3 N–H and O–H groups in total. The van der Waals surface area contributed by atoms with E-state index < -0.39 is 24.3 Å². The molecule has 7 nitrogen and oxygen atoms in total. The largest absolute Gasteiger partial charge is 0.427 e. The van der Waals surface area contributed by atoms with Gasteiger partial charge in [-0.3, -0.25) is 9.89 Å². The molecule has 0 radical (unpaired) electrons. The highest BCUT2D eigenvalue weighted by molar-refractivity contribution is 7.18. The molecule has 1 aliphatic carbocycles. The second-order valence-electron chi connectivity index (χ2n) is 7.50. The van der Waals surface area contributed by atoms with Crippen LogP contribution in [-0.2, 0) is 0 Å². The summed E-state index contributed by atoms with van der Waals surface area (Å²) in [6.45, 7) is -0.424. The molecule has 1 atom stereocenters. The highest BCUT2D eigenvalue weighted by atomic mass is 32.1. The number of amides is 1. The van der Waals surface area contributed by atoms with Crippen molar-refractivity contribution in [2.24, 2.45) is 0 Å². The van der Waals surface area contributed by atoms with Crippen molar-refractivity contribution in [3.63, 3.8) is 0 Å². The van der Waals surface area contributed by atoms with Crippen LogP contribution in [0.4, 0.5) is 14.5 Å². The first-order valence-corrected chi connectivity index (χ1v) is 9.66. The van der Waals surface area contributed by atoms with Gasteiger partial charge in [0.1, 0.15) is 17.1 Å². The van der Waals surface area contributed by atoms with Gasteiger partial charge in [0.25, 0.3) is 5.91 Å². The van der Waals surface area contributed by atoms with Crippen LogP contribution in [-0.4, -0.2) is 52.1 Å². The van der Waals surface area contributed by atoms with E-state index in [1.54, 1.807) is 6.20 Å². The molecule has 2 aliphatic heterocycles. The number of carbonyl (C=O) groups is 1. The molecule has 5 rings (SSSR count). The lowest BCUT2D eigenvalue weighted by atomic mass is 9.76. The second-order valence-corrected chi connectivity index (χ2v) is 8.52. The number of alkyl halides is 2. The number of nitrogens with one attached hydrogen (secondary N) is 2. The fraction of sp³-hybridized carbons (Fsp3) is 0.529. The van der Waals surface area contributed by atoms with Crippen molar-refractivity contribution in [3.05, 3.63) is 17.3 Å². The molecule has 3 aliphatic rings. The highest BCUT2D eigenvalue weighted by Crippen LogP contribution is 2.53. The van der Waals surface area contributed by atoms with Gasteiger partial charge < -0.3 is 20.1 Å². The summed E-state index contributed by atoms with van der Waals surface area (Å²) >= 11 is 1.12. The molecule has 0 bridgehead atoms. The van der Waals surface area contributed by atoms with Gasteiger partial charge in [0, 0.05) is 24.3 Å². The summed E-state index contributed by atoms with van der Waals surface area (Å²) < 4.78 is 33.6. The molecular formula is C17H18F2N4O3S. The van der Waals surface area contributed by atoms with E-state index in [1.807, 2.05) is 0 Å². The predicted molar refractivity (Wildman–Crippen MR) is 94.4 cm³/mol. The van der Waals surface area contributed by atoms with E-state index >= 15 is 0 Å². The molecule has 0 saturated heterocycles. The lowest BCUT2D eigenvalue weighted by Gasteiger charge is -2.41. The second kappa shape index (κ2) is 5.65. The van der Waals surface area contributed by atoms with Crippen molar-refractivity contribution >= 4 is 22.9 Å². The topological polar surface area (TPSA) is 90.5 Å². The molecule has 27 heavy (non-hydrogen) atoms. The summed E-state index contributed by atoms with van der Waals surface area (Å²) in [5.41, 5.74) is 0.187. The normalized spacial score (nSPS) is 25.1. The molecule has 1 saturated carbocycles. The van der Waals surface area contributed by atoms with Crippen LogP contribution in [0.15, 0.2) is 12.4 Å². The maximum atomic E-state index is 14.3. The standard InChI is InChI=1S/C17H18F2N4O3S/c18-17(19)8-23-7-10(4-16(25)2-1-3-16)22-15(24)14-11(23)12(26-17)13(27-14)9-5-20-21-6-9/h5-6,10,25H,1-4,7-8H2,(H,20,21)(H,22,24)/t10-/m0/s1. The van der Waals surface area contributed by atoms with Crippen LogP contribution >= 0.6 is 11.3 Å². The SMILES string of the molecule is O=C1N[C@@H](CC2(O)CCC2)CN2CC(F)(F)Oc3c(-c4cn[nH]c4)sc1c32. The van der Waals surface area contributed by atoms with Crippen molar-refractivity contribution in [2.75, 3.05) is 18.0 Å². The van der Waals surface area contributed by atoms with Crippen LogP contribution in [0.3, 0.4) is 0 Å². The van der Waals surface area contributed by atoms with E-state index in [1.165, 1.54) is 11.1 Å². The van der Waals surface area contributed by atoms with Gasteiger partial charge in [-0.1, -0.05) is 0 Å². The van der Waals surface area contributed by atoms with Gasteiger partial charge in [-0.2, -0.15) is 13.9 Å². The molecule has 10 heteroatoms. The number of carbonyl (C=O) groups excluding carboxylic acids is 1. The number of thiophene rings is 1. The quantitative estimate of drug-likeness (QED) is 0.741.